The van der Waals surface area contributed by atoms with E-state index in [1.807, 2.05) is 6.92 Å². The van der Waals surface area contributed by atoms with Gasteiger partial charge in [-0.05, 0) is 18.8 Å². The van der Waals surface area contributed by atoms with Gasteiger partial charge in [-0.1, -0.05) is 6.92 Å². The molecule has 0 aliphatic carbocycles. The van der Waals surface area contributed by atoms with Crippen molar-refractivity contribution in [3.63, 3.8) is 0 Å². The van der Waals surface area contributed by atoms with Crippen LogP contribution in [0.4, 0.5) is 11.6 Å². The smallest absolute Gasteiger partial charge is 0.145 e. The molecule has 16 heavy (non-hydrogen) atoms. The lowest BCUT2D eigenvalue weighted by molar-refractivity contribution is 0.229. The van der Waals surface area contributed by atoms with Gasteiger partial charge in [0.2, 0.25) is 0 Å². The maximum Gasteiger partial charge on any atom is 0.145 e. The van der Waals surface area contributed by atoms with Crippen LogP contribution in [0.5, 0.6) is 0 Å². The SMILES string of the molecule is CC(CO)CCCNc1cc(NN)ncn1. The van der Waals surface area contributed by atoms with Gasteiger partial charge in [-0.15, -0.1) is 0 Å². The molecule has 0 amide bonds. The first-order valence-electron chi connectivity index (χ1n) is 5.39. The van der Waals surface area contributed by atoms with Gasteiger partial charge in [-0.2, -0.15) is 0 Å². The normalized spacial score (nSPS) is 12.2. The van der Waals surface area contributed by atoms with Crippen LogP contribution in [0.3, 0.4) is 0 Å². The number of hydrogen-bond acceptors (Lipinski definition) is 6. The van der Waals surface area contributed by atoms with Gasteiger partial charge >= 0.3 is 0 Å². The van der Waals surface area contributed by atoms with E-state index >= 15 is 0 Å². The molecule has 1 aromatic heterocycles. The Labute approximate surface area is 95.3 Å². The molecule has 1 heterocycles. The van der Waals surface area contributed by atoms with Crippen LogP contribution >= 0.6 is 0 Å². The van der Waals surface area contributed by atoms with Crippen molar-refractivity contribution in [3.8, 4) is 0 Å². The summed E-state index contributed by atoms with van der Waals surface area (Å²) in [5.74, 6) is 6.92. The highest BCUT2D eigenvalue weighted by molar-refractivity contribution is 5.45. The molecule has 1 unspecified atom stereocenters. The highest BCUT2D eigenvalue weighted by Crippen LogP contribution is 2.08. The first kappa shape index (κ1) is 12.7. The van der Waals surface area contributed by atoms with E-state index in [-0.39, 0.29) is 6.61 Å². The molecule has 0 saturated heterocycles. The van der Waals surface area contributed by atoms with Crippen LogP contribution in [0.15, 0.2) is 12.4 Å². The van der Waals surface area contributed by atoms with Crippen LogP contribution in [-0.4, -0.2) is 28.2 Å². The van der Waals surface area contributed by atoms with E-state index in [2.05, 4.69) is 20.7 Å². The van der Waals surface area contributed by atoms with E-state index < -0.39 is 0 Å². The fourth-order valence-corrected chi connectivity index (χ4v) is 1.29. The Bertz CT molecular complexity index is 307. The van der Waals surface area contributed by atoms with E-state index in [9.17, 15) is 0 Å². The summed E-state index contributed by atoms with van der Waals surface area (Å²) in [7, 11) is 0. The minimum atomic E-state index is 0.245. The summed E-state index contributed by atoms with van der Waals surface area (Å²) >= 11 is 0. The maximum absolute atomic E-state index is 8.86. The summed E-state index contributed by atoms with van der Waals surface area (Å²) in [4.78, 5) is 7.96. The van der Waals surface area contributed by atoms with E-state index in [0.717, 1.165) is 25.2 Å². The quantitative estimate of drug-likeness (QED) is 0.308. The van der Waals surface area contributed by atoms with Gasteiger partial charge in [0.25, 0.3) is 0 Å². The van der Waals surface area contributed by atoms with Gasteiger partial charge < -0.3 is 15.8 Å². The van der Waals surface area contributed by atoms with Crippen LogP contribution in [0.1, 0.15) is 19.8 Å². The summed E-state index contributed by atoms with van der Waals surface area (Å²) in [6.45, 7) is 3.10. The number of aliphatic hydroxyl groups is 1. The number of aromatic nitrogens is 2. The summed E-state index contributed by atoms with van der Waals surface area (Å²) in [6, 6.07) is 1.75. The average Bonchev–Trinajstić information content (AvgIpc) is 2.34. The molecule has 0 saturated carbocycles. The summed E-state index contributed by atoms with van der Waals surface area (Å²) in [6.07, 6.45) is 3.45. The molecule has 0 bridgehead atoms. The zero-order chi connectivity index (χ0) is 11.8. The zero-order valence-corrected chi connectivity index (χ0v) is 9.48. The fraction of sp³-hybridized carbons (Fsp3) is 0.600. The molecule has 6 nitrogen and oxygen atoms in total. The molecule has 1 atom stereocenters. The second kappa shape index (κ2) is 6.97. The maximum atomic E-state index is 8.86. The molecule has 0 spiro atoms. The molecule has 5 N–H and O–H groups in total. The van der Waals surface area contributed by atoms with Crippen molar-refractivity contribution in [2.75, 3.05) is 23.9 Å². The van der Waals surface area contributed by atoms with Crippen molar-refractivity contribution in [2.45, 2.75) is 19.8 Å². The molecule has 0 fully saturated rings. The third-order valence-corrected chi connectivity index (χ3v) is 2.31. The Morgan fingerprint density at radius 3 is 2.88 bits per heavy atom. The van der Waals surface area contributed by atoms with Crippen molar-refractivity contribution >= 4 is 11.6 Å². The minimum Gasteiger partial charge on any atom is -0.396 e. The minimum absolute atomic E-state index is 0.245. The van der Waals surface area contributed by atoms with E-state index in [1.165, 1.54) is 6.33 Å². The number of nitrogens with one attached hydrogen (secondary N) is 2. The van der Waals surface area contributed by atoms with E-state index in [1.54, 1.807) is 6.07 Å². The lowest BCUT2D eigenvalue weighted by atomic mass is 10.1. The number of aliphatic hydroxyl groups excluding tert-OH is 1. The van der Waals surface area contributed by atoms with Crippen molar-refractivity contribution in [1.29, 1.82) is 0 Å². The topological polar surface area (TPSA) is 96.1 Å². The average molecular weight is 225 g/mol. The van der Waals surface area contributed by atoms with Crippen molar-refractivity contribution in [2.24, 2.45) is 11.8 Å². The van der Waals surface area contributed by atoms with Crippen LogP contribution in [0.25, 0.3) is 0 Å². The van der Waals surface area contributed by atoms with Gasteiger partial charge in [-0.3, -0.25) is 0 Å². The van der Waals surface area contributed by atoms with E-state index in [0.29, 0.717) is 11.7 Å². The Kier molecular flexibility index (Phi) is 5.52. The standard InChI is InChI=1S/C10H19N5O/c1-8(6-16)3-2-4-12-9-5-10(15-11)14-7-13-9/h5,7-8,16H,2-4,6,11H2,1H3,(H2,12,13,14,15). The molecule has 1 aromatic rings. The van der Waals surface area contributed by atoms with Crippen molar-refractivity contribution in [3.05, 3.63) is 12.4 Å². The zero-order valence-electron chi connectivity index (χ0n) is 9.48. The van der Waals surface area contributed by atoms with Crippen molar-refractivity contribution in [1.82, 2.24) is 9.97 Å². The predicted octanol–water partition coefficient (Wildman–Crippen LogP) is 0.583. The highest BCUT2D eigenvalue weighted by Gasteiger charge is 2.00. The van der Waals surface area contributed by atoms with Gasteiger partial charge in [-0.25, -0.2) is 15.8 Å². The van der Waals surface area contributed by atoms with Crippen LogP contribution in [0.2, 0.25) is 0 Å². The second-order valence-corrected chi connectivity index (χ2v) is 3.79. The van der Waals surface area contributed by atoms with Crippen LogP contribution < -0.4 is 16.6 Å². The molecule has 6 heteroatoms. The van der Waals surface area contributed by atoms with Crippen molar-refractivity contribution < 1.29 is 5.11 Å². The Morgan fingerprint density at radius 2 is 2.19 bits per heavy atom. The largest absolute Gasteiger partial charge is 0.396 e. The van der Waals surface area contributed by atoms with Gasteiger partial charge in [0.05, 0.1) is 0 Å². The third kappa shape index (κ3) is 4.41. The highest BCUT2D eigenvalue weighted by atomic mass is 16.3. The molecular formula is C10H19N5O. The Morgan fingerprint density at radius 1 is 1.44 bits per heavy atom. The molecule has 0 aliphatic rings. The molecular weight excluding hydrogens is 206 g/mol. The number of rotatable bonds is 7. The lowest BCUT2D eigenvalue weighted by Gasteiger charge is -2.09. The Balaban J connectivity index is 2.26. The number of nitrogens with zero attached hydrogens (tertiary/aromatic N) is 2. The van der Waals surface area contributed by atoms with Gasteiger partial charge in [0.1, 0.15) is 18.0 Å². The van der Waals surface area contributed by atoms with Crippen LogP contribution in [-0.2, 0) is 0 Å². The van der Waals surface area contributed by atoms with Crippen LogP contribution in [0, 0.1) is 5.92 Å². The van der Waals surface area contributed by atoms with E-state index in [4.69, 9.17) is 10.9 Å². The molecule has 0 radical (unpaired) electrons. The number of nitrogen functional groups attached to an aromatic ring is 1. The first-order chi connectivity index (χ1) is 7.76. The third-order valence-electron chi connectivity index (χ3n) is 2.31. The number of hydrogen-bond donors (Lipinski definition) is 4. The summed E-state index contributed by atoms with van der Waals surface area (Å²) in [5, 5.41) is 12.0. The second-order valence-electron chi connectivity index (χ2n) is 3.79. The predicted molar refractivity (Wildman–Crippen MR) is 63.8 cm³/mol. The summed E-state index contributed by atoms with van der Waals surface area (Å²) in [5.41, 5.74) is 2.46. The molecule has 0 aromatic carbocycles. The number of anilines is 2. The summed E-state index contributed by atoms with van der Waals surface area (Å²) < 4.78 is 0. The fourth-order valence-electron chi connectivity index (χ4n) is 1.29. The number of nitrogens with two attached hydrogens (primary N) is 1. The molecule has 90 valence electrons. The van der Waals surface area contributed by atoms with Gasteiger partial charge in [0, 0.05) is 19.2 Å². The first-order valence-corrected chi connectivity index (χ1v) is 5.39. The van der Waals surface area contributed by atoms with Gasteiger partial charge in [0.15, 0.2) is 0 Å². The number of hydrazine groups is 1. The lowest BCUT2D eigenvalue weighted by Crippen LogP contribution is -2.11. The Hall–Kier alpha value is -1.40. The molecule has 0 aliphatic heterocycles. The monoisotopic (exact) mass is 225 g/mol. The molecule has 1 rings (SSSR count).